The molecule has 0 aliphatic carbocycles. The number of nitrogens with two attached hydrogens (primary N) is 1. The molecule has 0 saturated heterocycles. The van der Waals surface area contributed by atoms with Crippen molar-refractivity contribution in [3.63, 3.8) is 0 Å². The lowest BCUT2D eigenvalue weighted by molar-refractivity contribution is 0.182. The molecule has 4 nitrogen and oxygen atoms in total. The molecule has 0 aliphatic heterocycles. The Morgan fingerprint density at radius 1 is 1.20 bits per heavy atom. The first-order chi connectivity index (χ1) is 9.45. The molecule has 1 aromatic carbocycles. The van der Waals surface area contributed by atoms with Crippen LogP contribution in [0, 0.1) is 5.41 Å². The quantitative estimate of drug-likeness (QED) is 0.795. The molecule has 0 aromatic heterocycles. The highest BCUT2D eigenvalue weighted by Crippen LogP contribution is 2.26. The summed E-state index contributed by atoms with van der Waals surface area (Å²) in [7, 11) is 3.36. The second kappa shape index (κ2) is 7.50. The zero-order valence-electron chi connectivity index (χ0n) is 13.4. The monoisotopic (exact) mass is 280 g/mol. The minimum absolute atomic E-state index is 0.121. The van der Waals surface area contributed by atoms with Crippen molar-refractivity contribution in [1.29, 1.82) is 0 Å². The summed E-state index contributed by atoms with van der Waals surface area (Å²) in [5, 5.41) is 0. The highest BCUT2D eigenvalue weighted by Gasteiger charge is 2.20. The fourth-order valence-electron chi connectivity index (χ4n) is 2.17. The average molecular weight is 280 g/mol. The Kier molecular flexibility index (Phi) is 6.30. The van der Waals surface area contributed by atoms with Crippen LogP contribution in [0.1, 0.15) is 26.3 Å². The van der Waals surface area contributed by atoms with Crippen molar-refractivity contribution in [2.24, 2.45) is 11.1 Å². The van der Waals surface area contributed by atoms with E-state index in [0.717, 1.165) is 31.1 Å². The third-order valence-corrected chi connectivity index (χ3v) is 3.54. The van der Waals surface area contributed by atoms with Crippen LogP contribution in [0.25, 0.3) is 0 Å². The predicted molar refractivity (Wildman–Crippen MR) is 83.3 cm³/mol. The average Bonchev–Trinajstić information content (AvgIpc) is 2.46. The molecule has 0 unspecified atom stereocenters. The maximum atomic E-state index is 5.83. The van der Waals surface area contributed by atoms with Crippen molar-refractivity contribution in [3.05, 3.63) is 23.8 Å². The van der Waals surface area contributed by atoms with Crippen molar-refractivity contribution in [3.8, 4) is 11.5 Å². The Balaban J connectivity index is 2.84. The zero-order valence-corrected chi connectivity index (χ0v) is 13.4. The standard InChI is InChI=1S/C16H28N2O2/c1-6-18(12-16(2,3)11-17)10-13-7-8-14(19-4)9-15(13)20-5/h7-9H,6,10-12,17H2,1-5H3. The molecule has 0 saturated carbocycles. The van der Waals surface area contributed by atoms with Gasteiger partial charge in [0.1, 0.15) is 11.5 Å². The van der Waals surface area contributed by atoms with Crippen LogP contribution in [0.2, 0.25) is 0 Å². The van der Waals surface area contributed by atoms with E-state index in [1.807, 2.05) is 12.1 Å². The molecule has 0 amide bonds. The minimum atomic E-state index is 0.121. The van der Waals surface area contributed by atoms with E-state index in [2.05, 4.69) is 31.7 Å². The zero-order chi connectivity index (χ0) is 15.2. The van der Waals surface area contributed by atoms with Gasteiger partial charge in [0.2, 0.25) is 0 Å². The molecule has 0 bridgehead atoms. The van der Waals surface area contributed by atoms with Crippen LogP contribution in [0.5, 0.6) is 11.5 Å². The lowest BCUT2D eigenvalue weighted by Gasteiger charge is -2.31. The molecule has 114 valence electrons. The number of nitrogens with zero attached hydrogens (tertiary/aromatic N) is 1. The lowest BCUT2D eigenvalue weighted by atomic mass is 9.93. The highest BCUT2D eigenvalue weighted by molar-refractivity contribution is 5.40. The van der Waals surface area contributed by atoms with Gasteiger partial charge in [-0.3, -0.25) is 4.90 Å². The van der Waals surface area contributed by atoms with E-state index in [1.54, 1.807) is 14.2 Å². The fraction of sp³-hybridized carbons (Fsp3) is 0.625. The SMILES string of the molecule is CCN(Cc1ccc(OC)cc1OC)CC(C)(C)CN. The Bertz CT molecular complexity index is 419. The van der Waals surface area contributed by atoms with E-state index in [0.29, 0.717) is 6.54 Å². The second-order valence-corrected chi connectivity index (χ2v) is 5.85. The van der Waals surface area contributed by atoms with Crippen LogP contribution >= 0.6 is 0 Å². The molecule has 1 aromatic rings. The van der Waals surface area contributed by atoms with Crippen LogP contribution in [0.3, 0.4) is 0 Å². The number of hydrogen-bond acceptors (Lipinski definition) is 4. The van der Waals surface area contributed by atoms with E-state index in [9.17, 15) is 0 Å². The van der Waals surface area contributed by atoms with Gasteiger partial charge >= 0.3 is 0 Å². The van der Waals surface area contributed by atoms with Gasteiger partial charge in [0, 0.05) is 24.7 Å². The van der Waals surface area contributed by atoms with Gasteiger partial charge in [-0.05, 0) is 24.6 Å². The van der Waals surface area contributed by atoms with Gasteiger partial charge in [0.25, 0.3) is 0 Å². The first-order valence-corrected chi connectivity index (χ1v) is 7.09. The minimum Gasteiger partial charge on any atom is -0.497 e. The molecule has 0 atom stereocenters. The van der Waals surface area contributed by atoms with Crippen LogP contribution in [-0.4, -0.2) is 38.8 Å². The number of benzene rings is 1. The summed E-state index contributed by atoms with van der Waals surface area (Å²) in [6.07, 6.45) is 0. The number of hydrogen-bond donors (Lipinski definition) is 1. The summed E-state index contributed by atoms with van der Waals surface area (Å²) in [6, 6.07) is 5.97. The van der Waals surface area contributed by atoms with Crippen molar-refractivity contribution in [1.82, 2.24) is 4.90 Å². The summed E-state index contributed by atoms with van der Waals surface area (Å²) in [5.41, 5.74) is 7.12. The third kappa shape index (κ3) is 4.69. The van der Waals surface area contributed by atoms with E-state index in [-0.39, 0.29) is 5.41 Å². The van der Waals surface area contributed by atoms with Crippen LogP contribution in [-0.2, 0) is 6.54 Å². The maximum absolute atomic E-state index is 5.83. The second-order valence-electron chi connectivity index (χ2n) is 5.85. The first kappa shape index (κ1) is 16.8. The van der Waals surface area contributed by atoms with E-state index >= 15 is 0 Å². The molecular weight excluding hydrogens is 252 g/mol. The highest BCUT2D eigenvalue weighted by atomic mass is 16.5. The van der Waals surface area contributed by atoms with Gasteiger partial charge in [-0.2, -0.15) is 0 Å². The summed E-state index contributed by atoms with van der Waals surface area (Å²) in [5.74, 6) is 1.68. The molecule has 2 N–H and O–H groups in total. The van der Waals surface area contributed by atoms with E-state index in [4.69, 9.17) is 15.2 Å². The molecule has 0 aliphatic rings. The molecule has 0 radical (unpaired) electrons. The van der Waals surface area contributed by atoms with Crippen molar-refractivity contribution in [2.75, 3.05) is 33.9 Å². The van der Waals surface area contributed by atoms with Crippen molar-refractivity contribution >= 4 is 0 Å². The van der Waals surface area contributed by atoms with Crippen molar-refractivity contribution in [2.45, 2.75) is 27.3 Å². The molecule has 20 heavy (non-hydrogen) atoms. The maximum Gasteiger partial charge on any atom is 0.127 e. The van der Waals surface area contributed by atoms with E-state index in [1.165, 1.54) is 5.56 Å². The number of ether oxygens (including phenoxy) is 2. The topological polar surface area (TPSA) is 47.7 Å². The number of rotatable bonds is 8. The third-order valence-electron chi connectivity index (χ3n) is 3.54. The largest absolute Gasteiger partial charge is 0.497 e. The molecular formula is C16H28N2O2. The Morgan fingerprint density at radius 3 is 2.40 bits per heavy atom. The van der Waals surface area contributed by atoms with Crippen LogP contribution in [0.4, 0.5) is 0 Å². The van der Waals surface area contributed by atoms with Crippen molar-refractivity contribution < 1.29 is 9.47 Å². The van der Waals surface area contributed by atoms with Gasteiger partial charge in [-0.1, -0.05) is 26.8 Å². The predicted octanol–water partition coefficient (Wildman–Crippen LogP) is 2.51. The molecule has 0 fully saturated rings. The van der Waals surface area contributed by atoms with Crippen LogP contribution in [0.15, 0.2) is 18.2 Å². The van der Waals surface area contributed by atoms with Gasteiger partial charge < -0.3 is 15.2 Å². The molecule has 0 heterocycles. The Labute approximate surface area is 122 Å². The molecule has 1 rings (SSSR count). The van der Waals surface area contributed by atoms with Crippen LogP contribution < -0.4 is 15.2 Å². The van der Waals surface area contributed by atoms with E-state index < -0.39 is 0 Å². The Morgan fingerprint density at radius 2 is 1.90 bits per heavy atom. The number of methoxy groups -OCH3 is 2. The summed E-state index contributed by atoms with van der Waals surface area (Å²) in [4.78, 5) is 2.39. The normalized spacial score (nSPS) is 11.8. The first-order valence-electron chi connectivity index (χ1n) is 7.09. The Hall–Kier alpha value is -1.26. The van der Waals surface area contributed by atoms with Gasteiger partial charge in [0.05, 0.1) is 14.2 Å². The molecule has 4 heteroatoms. The summed E-state index contributed by atoms with van der Waals surface area (Å²) in [6.45, 7) is 10.1. The smallest absolute Gasteiger partial charge is 0.127 e. The fourth-order valence-corrected chi connectivity index (χ4v) is 2.17. The van der Waals surface area contributed by atoms with Gasteiger partial charge in [0.15, 0.2) is 0 Å². The van der Waals surface area contributed by atoms with Gasteiger partial charge in [-0.25, -0.2) is 0 Å². The lowest BCUT2D eigenvalue weighted by Crippen LogP contribution is -2.38. The van der Waals surface area contributed by atoms with Gasteiger partial charge in [-0.15, -0.1) is 0 Å². The summed E-state index contributed by atoms with van der Waals surface area (Å²) >= 11 is 0. The summed E-state index contributed by atoms with van der Waals surface area (Å²) < 4.78 is 10.7. The molecule has 0 spiro atoms.